The summed E-state index contributed by atoms with van der Waals surface area (Å²) in [6.45, 7) is 5.85. The van der Waals surface area contributed by atoms with E-state index in [1.807, 2.05) is 18.2 Å². The van der Waals surface area contributed by atoms with E-state index in [1.165, 1.54) is 17.5 Å². The topological polar surface area (TPSA) is 65.0 Å². The molecule has 6 nitrogen and oxygen atoms in total. The average Bonchev–Trinajstić information content (AvgIpc) is 2.53. The fourth-order valence-electron chi connectivity index (χ4n) is 2.76. The Morgan fingerprint density at radius 2 is 1.96 bits per heavy atom. The summed E-state index contributed by atoms with van der Waals surface area (Å²) in [5.74, 6) is 0.856. The first-order chi connectivity index (χ1) is 11.3. The van der Waals surface area contributed by atoms with Crippen molar-refractivity contribution in [2.45, 2.75) is 6.92 Å². The molecule has 2 rings (SSSR count). The standard InChI is InChI=1S/C16H25ClN4O2S/c1-13-4-5-14(17)12-15(13)20-7-9-21(10-8-20)16(18-2)19-6-11-24(3,22)23/h4-5,12H,6-11H2,1-3H3,(H,18,19). The molecule has 1 aliphatic rings. The molecule has 0 saturated carbocycles. The van der Waals surface area contributed by atoms with Crippen LogP contribution in [0.4, 0.5) is 5.69 Å². The van der Waals surface area contributed by atoms with Crippen molar-refractivity contribution in [1.82, 2.24) is 10.2 Å². The number of anilines is 1. The highest BCUT2D eigenvalue weighted by Crippen LogP contribution is 2.25. The van der Waals surface area contributed by atoms with E-state index in [0.29, 0.717) is 6.54 Å². The number of halogens is 1. The van der Waals surface area contributed by atoms with Crippen LogP contribution in [0, 0.1) is 6.92 Å². The Labute approximate surface area is 149 Å². The second-order valence-electron chi connectivity index (χ2n) is 6.01. The van der Waals surface area contributed by atoms with Crippen molar-refractivity contribution in [3.05, 3.63) is 28.8 Å². The van der Waals surface area contributed by atoms with Gasteiger partial charge in [-0.1, -0.05) is 17.7 Å². The number of nitrogens with zero attached hydrogens (tertiary/aromatic N) is 3. The number of nitrogens with one attached hydrogen (secondary N) is 1. The first-order valence-electron chi connectivity index (χ1n) is 7.94. The molecule has 1 fully saturated rings. The molecule has 8 heteroatoms. The number of aryl methyl sites for hydroxylation is 1. The lowest BCUT2D eigenvalue weighted by Gasteiger charge is -2.38. The number of hydrogen-bond acceptors (Lipinski definition) is 4. The second kappa shape index (κ2) is 8.07. The summed E-state index contributed by atoms with van der Waals surface area (Å²) < 4.78 is 22.5. The minimum absolute atomic E-state index is 0.105. The summed E-state index contributed by atoms with van der Waals surface area (Å²) in [4.78, 5) is 8.73. The summed E-state index contributed by atoms with van der Waals surface area (Å²) in [5, 5.41) is 3.87. The van der Waals surface area contributed by atoms with Crippen LogP contribution in [0.1, 0.15) is 5.56 Å². The molecule has 1 aliphatic heterocycles. The molecule has 1 aromatic rings. The van der Waals surface area contributed by atoms with Gasteiger partial charge in [0, 0.05) is 56.7 Å². The lowest BCUT2D eigenvalue weighted by Crippen LogP contribution is -2.53. The summed E-state index contributed by atoms with van der Waals surface area (Å²) in [6, 6.07) is 5.95. The molecule has 24 heavy (non-hydrogen) atoms. The maximum absolute atomic E-state index is 11.2. The second-order valence-corrected chi connectivity index (χ2v) is 8.70. The minimum atomic E-state index is -2.97. The molecule has 0 atom stereocenters. The predicted octanol–water partition coefficient (Wildman–Crippen LogP) is 1.39. The Bertz CT molecular complexity index is 698. The van der Waals surface area contributed by atoms with Crippen LogP contribution in [-0.4, -0.2) is 71.1 Å². The largest absolute Gasteiger partial charge is 0.368 e. The van der Waals surface area contributed by atoms with Gasteiger partial charge in [-0.05, 0) is 24.6 Å². The van der Waals surface area contributed by atoms with Crippen LogP contribution in [0.5, 0.6) is 0 Å². The molecule has 0 amide bonds. The van der Waals surface area contributed by atoms with E-state index in [0.717, 1.165) is 37.2 Å². The van der Waals surface area contributed by atoms with Gasteiger partial charge in [-0.3, -0.25) is 4.99 Å². The minimum Gasteiger partial charge on any atom is -0.368 e. The zero-order valence-corrected chi connectivity index (χ0v) is 16.0. The monoisotopic (exact) mass is 372 g/mol. The highest BCUT2D eigenvalue weighted by atomic mass is 35.5. The highest BCUT2D eigenvalue weighted by molar-refractivity contribution is 7.90. The third kappa shape index (κ3) is 5.27. The maximum Gasteiger partial charge on any atom is 0.193 e. The van der Waals surface area contributed by atoms with Crippen molar-refractivity contribution in [2.24, 2.45) is 4.99 Å². The quantitative estimate of drug-likeness (QED) is 0.639. The van der Waals surface area contributed by atoms with E-state index in [9.17, 15) is 8.42 Å². The van der Waals surface area contributed by atoms with Crippen LogP contribution in [-0.2, 0) is 9.84 Å². The van der Waals surface area contributed by atoms with Crippen molar-refractivity contribution in [1.29, 1.82) is 0 Å². The van der Waals surface area contributed by atoms with Gasteiger partial charge < -0.3 is 15.1 Å². The molecule has 1 N–H and O–H groups in total. The molecule has 0 radical (unpaired) electrons. The fraction of sp³-hybridized carbons (Fsp3) is 0.562. The van der Waals surface area contributed by atoms with E-state index < -0.39 is 9.84 Å². The molecule has 134 valence electrons. The van der Waals surface area contributed by atoms with Gasteiger partial charge in [-0.25, -0.2) is 8.42 Å². The van der Waals surface area contributed by atoms with Crippen LogP contribution in [0.15, 0.2) is 23.2 Å². The highest BCUT2D eigenvalue weighted by Gasteiger charge is 2.21. The smallest absolute Gasteiger partial charge is 0.193 e. The number of aliphatic imine (C=N–C) groups is 1. The van der Waals surface area contributed by atoms with Gasteiger partial charge in [0.1, 0.15) is 9.84 Å². The predicted molar refractivity (Wildman–Crippen MR) is 101 cm³/mol. The Morgan fingerprint density at radius 1 is 1.29 bits per heavy atom. The summed E-state index contributed by atoms with van der Waals surface area (Å²) in [6.07, 6.45) is 1.24. The molecule has 1 saturated heterocycles. The zero-order chi connectivity index (χ0) is 17.7. The summed E-state index contributed by atoms with van der Waals surface area (Å²) in [7, 11) is -1.25. The normalized spacial score (nSPS) is 16.4. The van der Waals surface area contributed by atoms with E-state index >= 15 is 0 Å². The third-order valence-corrected chi connectivity index (χ3v) is 5.24. The number of piperazine rings is 1. The van der Waals surface area contributed by atoms with E-state index in [2.05, 4.69) is 27.0 Å². The van der Waals surface area contributed by atoms with Gasteiger partial charge in [-0.2, -0.15) is 0 Å². The van der Waals surface area contributed by atoms with Gasteiger partial charge in [0.2, 0.25) is 0 Å². The van der Waals surface area contributed by atoms with Gasteiger partial charge in [0.15, 0.2) is 5.96 Å². The number of hydrogen-bond donors (Lipinski definition) is 1. The van der Waals surface area contributed by atoms with Crippen molar-refractivity contribution in [2.75, 3.05) is 56.7 Å². The van der Waals surface area contributed by atoms with Crippen molar-refractivity contribution in [3.63, 3.8) is 0 Å². The molecule has 0 aromatic heterocycles. The van der Waals surface area contributed by atoms with Gasteiger partial charge >= 0.3 is 0 Å². The van der Waals surface area contributed by atoms with E-state index in [1.54, 1.807) is 7.05 Å². The molecule has 0 aliphatic carbocycles. The SMILES string of the molecule is CN=C(NCCS(C)(=O)=O)N1CCN(c2cc(Cl)ccc2C)CC1. The third-order valence-electron chi connectivity index (χ3n) is 4.06. The maximum atomic E-state index is 11.2. The number of guanidine groups is 1. The van der Waals surface area contributed by atoms with E-state index in [-0.39, 0.29) is 5.75 Å². The lowest BCUT2D eigenvalue weighted by molar-refractivity contribution is 0.373. The van der Waals surface area contributed by atoms with Crippen molar-refractivity contribution in [3.8, 4) is 0 Å². The Balaban J connectivity index is 1.92. The van der Waals surface area contributed by atoms with Crippen molar-refractivity contribution < 1.29 is 8.42 Å². The molecule has 0 bridgehead atoms. The van der Waals surface area contributed by atoms with Gasteiger partial charge in [0.05, 0.1) is 5.75 Å². The number of sulfone groups is 1. The van der Waals surface area contributed by atoms with Gasteiger partial charge in [0.25, 0.3) is 0 Å². The average molecular weight is 373 g/mol. The van der Waals surface area contributed by atoms with Crippen LogP contribution >= 0.6 is 11.6 Å². The zero-order valence-electron chi connectivity index (χ0n) is 14.4. The van der Waals surface area contributed by atoms with Crippen LogP contribution < -0.4 is 10.2 Å². The molecular formula is C16H25ClN4O2S. The number of benzene rings is 1. The van der Waals surface area contributed by atoms with Crippen LogP contribution in [0.25, 0.3) is 0 Å². The Hall–Kier alpha value is -1.47. The molecule has 1 heterocycles. The first-order valence-corrected chi connectivity index (χ1v) is 10.4. The number of rotatable bonds is 4. The molecule has 0 spiro atoms. The Morgan fingerprint density at radius 3 is 2.54 bits per heavy atom. The van der Waals surface area contributed by atoms with Crippen LogP contribution in [0.2, 0.25) is 5.02 Å². The lowest BCUT2D eigenvalue weighted by atomic mass is 10.1. The first kappa shape index (κ1) is 18.9. The molecule has 1 aromatic carbocycles. The van der Waals surface area contributed by atoms with E-state index in [4.69, 9.17) is 11.6 Å². The molecular weight excluding hydrogens is 348 g/mol. The van der Waals surface area contributed by atoms with Crippen LogP contribution in [0.3, 0.4) is 0 Å². The Kier molecular flexibility index (Phi) is 6.34. The summed E-state index contributed by atoms with van der Waals surface area (Å²) >= 11 is 6.12. The van der Waals surface area contributed by atoms with Gasteiger partial charge in [-0.15, -0.1) is 0 Å². The fourth-order valence-corrected chi connectivity index (χ4v) is 3.40. The van der Waals surface area contributed by atoms with Crippen molar-refractivity contribution >= 4 is 33.1 Å². The summed E-state index contributed by atoms with van der Waals surface area (Å²) in [5.41, 5.74) is 2.38. The molecule has 0 unspecified atom stereocenters.